The van der Waals surface area contributed by atoms with Crippen LogP contribution in [0.15, 0.2) is 64.3 Å². The van der Waals surface area contributed by atoms with E-state index >= 15 is 0 Å². The highest BCUT2D eigenvalue weighted by Crippen LogP contribution is 2.27. The molecule has 1 aliphatic rings. The van der Waals surface area contributed by atoms with Crippen LogP contribution in [0.5, 0.6) is 0 Å². The second-order valence-corrected chi connectivity index (χ2v) is 9.70. The van der Waals surface area contributed by atoms with Gasteiger partial charge in [0.1, 0.15) is 0 Å². The zero-order valence-corrected chi connectivity index (χ0v) is 17.3. The zero-order chi connectivity index (χ0) is 20.9. The Bertz CT molecular complexity index is 1420. The highest BCUT2D eigenvalue weighted by atomic mass is 32.2. The predicted octanol–water partition coefficient (Wildman–Crippen LogP) is 2.66. The average molecular weight is 423 g/mol. The number of benzene rings is 2. The molecule has 3 heterocycles. The van der Waals surface area contributed by atoms with Crippen molar-refractivity contribution in [3.63, 3.8) is 0 Å². The van der Waals surface area contributed by atoms with Crippen molar-refractivity contribution in [2.75, 3.05) is 20.1 Å². The molecule has 7 nitrogen and oxygen atoms in total. The molecule has 8 heteroatoms. The third kappa shape index (κ3) is 3.13. The van der Waals surface area contributed by atoms with Crippen molar-refractivity contribution in [1.29, 1.82) is 0 Å². The molecule has 30 heavy (non-hydrogen) atoms. The van der Waals surface area contributed by atoms with E-state index in [4.69, 9.17) is 0 Å². The molecule has 1 atom stereocenters. The summed E-state index contributed by atoms with van der Waals surface area (Å²) in [6.45, 7) is 1.49. The largest absolute Gasteiger partial charge is 0.354 e. The summed E-state index contributed by atoms with van der Waals surface area (Å²) in [6, 6.07) is 16.3. The smallest absolute Gasteiger partial charge is 0.257 e. The van der Waals surface area contributed by atoms with Crippen molar-refractivity contribution < 1.29 is 8.42 Å². The lowest BCUT2D eigenvalue weighted by molar-refractivity contribution is 0.388. The first-order valence-electron chi connectivity index (χ1n) is 9.87. The normalized spacial score (nSPS) is 17.3. The van der Waals surface area contributed by atoms with Gasteiger partial charge in [0.25, 0.3) is 5.56 Å². The Kier molecular flexibility index (Phi) is 4.50. The van der Waals surface area contributed by atoms with E-state index in [2.05, 4.69) is 15.3 Å². The van der Waals surface area contributed by atoms with Crippen LogP contribution in [-0.2, 0) is 10.0 Å². The van der Waals surface area contributed by atoms with E-state index in [1.165, 1.54) is 4.31 Å². The SMILES string of the molecule is CN(C1CCNC1)S(=O)(=O)c1ccc2[nH]c(-c3cc4ccccc4[nH]c3=O)cc2c1. The first-order chi connectivity index (χ1) is 14.4. The molecule has 0 amide bonds. The van der Waals surface area contributed by atoms with Gasteiger partial charge in [-0.1, -0.05) is 18.2 Å². The van der Waals surface area contributed by atoms with Crippen LogP contribution in [0.1, 0.15) is 6.42 Å². The number of para-hydroxylation sites is 1. The average Bonchev–Trinajstić information content (AvgIpc) is 3.41. The Morgan fingerprint density at radius 1 is 0.967 bits per heavy atom. The first-order valence-corrected chi connectivity index (χ1v) is 11.3. The van der Waals surface area contributed by atoms with E-state index in [0.717, 1.165) is 34.8 Å². The second-order valence-electron chi connectivity index (χ2n) is 7.70. The van der Waals surface area contributed by atoms with Crippen LogP contribution in [-0.4, -0.2) is 48.9 Å². The molecule has 1 aliphatic heterocycles. The summed E-state index contributed by atoms with van der Waals surface area (Å²) < 4.78 is 27.6. The van der Waals surface area contributed by atoms with Crippen molar-refractivity contribution in [2.24, 2.45) is 0 Å². The maximum atomic E-state index is 13.1. The molecular weight excluding hydrogens is 400 g/mol. The van der Waals surface area contributed by atoms with Crippen LogP contribution in [0.3, 0.4) is 0 Å². The quantitative estimate of drug-likeness (QED) is 0.471. The summed E-state index contributed by atoms with van der Waals surface area (Å²) in [7, 11) is -1.96. The number of fused-ring (bicyclic) bond motifs is 2. The number of sulfonamides is 1. The van der Waals surface area contributed by atoms with Crippen LogP contribution < -0.4 is 10.9 Å². The van der Waals surface area contributed by atoms with Crippen molar-refractivity contribution in [3.8, 4) is 11.3 Å². The summed E-state index contributed by atoms with van der Waals surface area (Å²) in [5.74, 6) is 0. The third-order valence-corrected chi connectivity index (χ3v) is 7.77. The Labute approximate surface area is 173 Å². The maximum absolute atomic E-state index is 13.1. The lowest BCUT2D eigenvalue weighted by atomic mass is 10.1. The van der Waals surface area contributed by atoms with Gasteiger partial charge in [0.05, 0.1) is 16.2 Å². The molecular formula is C22H22N4O3S. The fraction of sp³-hybridized carbons (Fsp3) is 0.227. The summed E-state index contributed by atoms with van der Waals surface area (Å²) in [4.78, 5) is 19.0. The lowest BCUT2D eigenvalue weighted by Gasteiger charge is -2.23. The number of hydrogen-bond donors (Lipinski definition) is 3. The number of H-pyrrole nitrogens is 2. The highest BCUT2D eigenvalue weighted by molar-refractivity contribution is 7.89. The molecule has 2 aromatic carbocycles. The number of pyridine rings is 1. The minimum Gasteiger partial charge on any atom is -0.354 e. The number of rotatable bonds is 4. The van der Waals surface area contributed by atoms with Gasteiger partial charge < -0.3 is 15.3 Å². The standard InChI is InChI=1S/C22H22N4O3S/c1-26(16-8-9-23-13-16)30(28,29)17-6-7-20-15(10-17)12-21(24-20)18-11-14-4-2-3-5-19(14)25-22(18)27/h2-7,10-12,16,23-24H,8-9,13H2,1H3,(H,25,27). The summed E-state index contributed by atoms with van der Waals surface area (Å²) in [6.07, 6.45) is 0.803. The van der Waals surface area contributed by atoms with Crippen molar-refractivity contribution in [2.45, 2.75) is 17.4 Å². The van der Waals surface area contributed by atoms with Crippen LogP contribution in [0, 0.1) is 0 Å². The van der Waals surface area contributed by atoms with E-state index in [0.29, 0.717) is 17.8 Å². The molecule has 4 aromatic rings. The van der Waals surface area contributed by atoms with Crippen molar-refractivity contribution in [1.82, 2.24) is 19.6 Å². The van der Waals surface area contributed by atoms with Gasteiger partial charge in [0, 0.05) is 36.1 Å². The number of hydrogen-bond acceptors (Lipinski definition) is 4. The number of likely N-dealkylation sites (N-methyl/N-ethyl adjacent to an activating group) is 1. The van der Waals surface area contributed by atoms with Crippen molar-refractivity contribution in [3.05, 3.63) is 65.0 Å². The molecule has 0 bridgehead atoms. The molecule has 0 spiro atoms. The van der Waals surface area contributed by atoms with Gasteiger partial charge in [0.15, 0.2) is 0 Å². The Balaban J connectivity index is 1.56. The molecule has 1 saturated heterocycles. The second kappa shape index (κ2) is 7.09. The molecule has 5 rings (SSSR count). The van der Waals surface area contributed by atoms with Crippen molar-refractivity contribution >= 4 is 31.8 Å². The first kappa shape index (κ1) is 19.0. The Morgan fingerprint density at radius 2 is 1.77 bits per heavy atom. The lowest BCUT2D eigenvalue weighted by Crippen LogP contribution is -2.38. The zero-order valence-electron chi connectivity index (χ0n) is 16.5. The summed E-state index contributed by atoms with van der Waals surface area (Å²) >= 11 is 0. The van der Waals surface area contributed by atoms with E-state index in [1.807, 2.05) is 36.4 Å². The van der Waals surface area contributed by atoms with Crippen LogP contribution >= 0.6 is 0 Å². The number of aromatic amines is 2. The minimum atomic E-state index is -3.59. The van der Waals surface area contributed by atoms with Gasteiger partial charge in [-0.2, -0.15) is 4.31 Å². The minimum absolute atomic E-state index is 0.0383. The molecule has 2 aromatic heterocycles. The van der Waals surface area contributed by atoms with Gasteiger partial charge in [-0.25, -0.2) is 8.42 Å². The summed E-state index contributed by atoms with van der Waals surface area (Å²) in [5.41, 5.74) is 2.53. The highest BCUT2D eigenvalue weighted by Gasteiger charge is 2.30. The molecule has 1 fully saturated rings. The Morgan fingerprint density at radius 3 is 2.57 bits per heavy atom. The van der Waals surface area contributed by atoms with Gasteiger partial charge in [0.2, 0.25) is 10.0 Å². The monoisotopic (exact) mass is 422 g/mol. The fourth-order valence-corrected chi connectivity index (χ4v) is 5.50. The van der Waals surface area contributed by atoms with Gasteiger partial charge in [-0.3, -0.25) is 4.79 Å². The molecule has 0 aliphatic carbocycles. The number of nitrogens with zero attached hydrogens (tertiary/aromatic N) is 1. The predicted molar refractivity (Wildman–Crippen MR) is 118 cm³/mol. The fourth-order valence-electron chi connectivity index (χ4n) is 4.08. The van der Waals surface area contributed by atoms with Gasteiger partial charge in [-0.05, 0) is 54.8 Å². The third-order valence-electron chi connectivity index (χ3n) is 5.86. The summed E-state index contributed by atoms with van der Waals surface area (Å²) in [5, 5.41) is 4.88. The molecule has 3 N–H and O–H groups in total. The Hall–Kier alpha value is -2.94. The van der Waals surface area contributed by atoms with Crippen LogP contribution in [0.25, 0.3) is 33.1 Å². The van der Waals surface area contributed by atoms with Crippen LogP contribution in [0.4, 0.5) is 0 Å². The van der Waals surface area contributed by atoms with E-state index in [9.17, 15) is 13.2 Å². The molecule has 154 valence electrons. The van der Waals surface area contributed by atoms with E-state index in [-0.39, 0.29) is 16.5 Å². The van der Waals surface area contributed by atoms with Gasteiger partial charge >= 0.3 is 0 Å². The maximum Gasteiger partial charge on any atom is 0.257 e. The van der Waals surface area contributed by atoms with Gasteiger partial charge in [-0.15, -0.1) is 0 Å². The topological polar surface area (TPSA) is 98.1 Å². The molecule has 0 saturated carbocycles. The number of aromatic nitrogens is 2. The van der Waals surface area contributed by atoms with E-state index < -0.39 is 10.0 Å². The van der Waals surface area contributed by atoms with Crippen LogP contribution in [0.2, 0.25) is 0 Å². The van der Waals surface area contributed by atoms with E-state index in [1.54, 1.807) is 25.2 Å². The molecule has 1 unspecified atom stereocenters. The molecule has 0 radical (unpaired) electrons. The number of nitrogens with one attached hydrogen (secondary N) is 3.